The Morgan fingerprint density at radius 3 is 2.60 bits per heavy atom. The van der Waals surface area contributed by atoms with Gasteiger partial charge in [0.05, 0.1) is 0 Å². The molecule has 1 nitrogen and oxygen atoms in total. The third kappa shape index (κ3) is 2.85. The van der Waals surface area contributed by atoms with Crippen LogP contribution < -0.4 is 3.32 Å². The first-order valence-corrected chi connectivity index (χ1v) is 6.45. The third-order valence-electron chi connectivity index (χ3n) is 2.25. The van der Waals surface area contributed by atoms with Crippen LogP contribution in [0.25, 0.3) is 0 Å². The first-order chi connectivity index (χ1) is 7.25. The molecule has 0 saturated heterocycles. The number of benzene rings is 1. The molecule has 0 bridgehead atoms. The fourth-order valence-corrected chi connectivity index (χ4v) is 2.37. The summed E-state index contributed by atoms with van der Waals surface area (Å²) >= 11 is 1.14. The van der Waals surface area contributed by atoms with Crippen molar-refractivity contribution in [3.05, 3.63) is 66.3 Å². The van der Waals surface area contributed by atoms with E-state index in [1.165, 1.54) is 8.88 Å². The zero-order chi connectivity index (χ0) is 10.7. The number of nitrogens with zero attached hydrogens (tertiary/aromatic N) is 1. The number of rotatable bonds is 2. The van der Waals surface area contributed by atoms with Gasteiger partial charge < -0.3 is 0 Å². The van der Waals surface area contributed by atoms with Gasteiger partial charge in [-0.2, -0.15) is 0 Å². The molecule has 0 atom stereocenters. The normalized spacial score (nSPS) is 10.2. The van der Waals surface area contributed by atoms with Crippen LogP contribution in [0.1, 0.15) is 17.0 Å². The summed E-state index contributed by atoms with van der Waals surface area (Å²) in [6.07, 6.45) is 0.877. The second-order valence-corrected chi connectivity index (χ2v) is 5.20. The summed E-state index contributed by atoms with van der Waals surface area (Å²) in [7, 11) is 0. The molecule has 0 aliphatic carbocycles. The van der Waals surface area contributed by atoms with Crippen LogP contribution in [0.15, 0.2) is 42.5 Å². The van der Waals surface area contributed by atoms with E-state index in [2.05, 4.69) is 29.2 Å². The van der Waals surface area contributed by atoms with Gasteiger partial charge in [-0.15, -0.1) is 0 Å². The van der Waals surface area contributed by atoms with E-state index in [1.807, 2.05) is 18.2 Å². The Morgan fingerprint density at radius 1 is 1.07 bits per heavy atom. The van der Waals surface area contributed by atoms with Gasteiger partial charge in [0, 0.05) is 0 Å². The molecule has 0 aliphatic rings. The van der Waals surface area contributed by atoms with Crippen LogP contribution in [-0.4, -0.2) is 29.4 Å². The summed E-state index contributed by atoms with van der Waals surface area (Å²) in [6.45, 7) is 5.65. The monoisotopic (exact) mass is 295 g/mol. The Kier molecular flexibility index (Phi) is 3.47. The van der Waals surface area contributed by atoms with Crippen LogP contribution in [0, 0.1) is 6.92 Å². The summed E-state index contributed by atoms with van der Waals surface area (Å²) in [5.41, 5.74) is 2.99. The van der Waals surface area contributed by atoms with Crippen molar-refractivity contribution in [3.63, 3.8) is 0 Å². The van der Waals surface area contributed by atoms with Crippen LogP contribution in [0.3, 0.4) is 0 Å². The van der Waals surface area contributed by atoms with E-state index in [0.29, 0.717) is 5.69 Å². The van der Waals surface area contributed by atoms with Gasteiger partial charge in [0.1, 0.15) is 0 Å². The van der Waals surface area contributed by atoms with Gasteiger partial charge in [-0.1, -0.05) is 0 Å². The molecule has 4 radical (unpaired) electrons. The molecular formula is C13H10InN. The van der Waals surface area contributed by atoms with Crippen molar-refractivity contribution in [2.75, 3.05) is 0 Å². The van der Waals surface area contributed by atoms with Crippen molar-refractivity contribution in [1.29, 1.82) is 0 Å². The molecule has 0 unspecified atom stereocenters. The summed E-state index contributed by atoms with van der Waals surface area (Å²) < 4.78 is 1.42. The van der Waals surface area contributed by atoms with Gasteiger partial charge in [0.25, 0.3) is 0 Å². The van der Waals surface area contributed by atoms with Crippen molar-refractivity contribution < 1.29 is 0 Å². The van der Waals surface area contributed by atoms with E-state index >= 15 is 0 Å². The molecule has 0 amide bonds. The van der Waals surface area contributed by atoms with Crippen LogP contribution in [0.4, 0.5) is 0 Å². The predicted octanol–water partition coefficient (Wildman–Crippen LogP) is 1.53. The van der Waals surface area contributed by atoms with Crippen molar-refractivity contribution >= 4 is 27.7 Å². The molecule has 1 aromatic heterocycles. The molecule has 0 aliphatic heterocycles. The summed E-state index contributed by atoms with van der Waals surface area (Å²) in [4.78, 5) is 4.30. The Bertz CT molecular complexity index is 466. The van der Waals surface area contributed by atoms with Crippen LogP contribution in [0.2, 0.25) is 0 Å². The molecule has 2 heteroatoms. The van der Waals surface area contributed by atoms with Crippen molar-refractivity contribution in [3.8, 4) is 0 Å². The molecule has 1 aromatic carbocycles. The quantitative estimate of drug-likeness (QED) is 0.819. The Labute approximate surface area is 105 Å². The maximum atomic E-state index is 5.65. The average Bonchev–Trinajstić information content (AvgIpc) is 2.22. The first kappa shape index (κ1) is 10.7. The van der Waals surface area contributed by atoms with E-state index in [9.17, 15) is 0 Å². The van der Waals surface area contributed by atoms with Crippen molar-refractivity contribution in [2.45, 2.75) is 6.42 Å². The predicted molar refractivity (Wildman–Crippen MR) is 62.3 cm³/mol. The van der Waals surface area contributed by atoms with Crippen molar-refractivity contribution in [1.82, 2.24) is 4.98 Å². The van der Waals surface area contributed by atoms with Gasteiger partial charge in [-0.25, -0.2) is 0 Å². The van der Waals surface area contributed by atoms with Crippen LogP contribution in [0.5, 0.6) is 0 Å². The van der Waals surface area contributed by atoms with E-state index in [1.54, 1.807) is 0 Å². The SMILES string of the molecule is [CH]c1cccc(Cc2cccc[c]2[In])n1. The molecule has 0 N–H and O–H groups in total. The van der Waals surface area contributed by atoms with E-state index in [0.717, 1.165) is 36.5 Å². The molecule has 2 rings (SSSR count). The average molecular weight is 295 g/mol. The molecule has 1 heterocycles. The minimum atomic E-state index is 0.595. The summed E-state index contributed by atoms with van der Waals surface area (Å²) in [5, 5.41) is 0. The summed E-state index contributed by atoms with van der Waals surface area (Å²) in [6, 6.07) is 14.3. The van der Waals surface area contributed by atoms with Crippen LogP contribution in [-0.2, 0) is 6.42 Å². The minimum absolute atomic E-state index is 0.595. The molecule has 15 heavy (non-hydrogen) atoms. The number of hydrogen-bond acceptors (Lipinski definition) is 1. The standard InChI is InChI=1S/C13H10N.In/c1-11-6-5-9-13(14-11)10-12-7-3-2-4-8-12;/h1-7,9H,10H2;. The van der Waals surface area contributed by atoms with Crippen molar-refractivity contribution in [2.24, 2.45) is 0 Å². The number of hydrogen-bond donors (Lipinski definition) is 0. The summed E-state index contributed by atoms with van der Waals surface area (Å²) in [5.74, 6) is 0. The topological polar surface area (TPSA) is 12.9 Å². The Hall–Kier alpha value is -0.760. The Balaban J connectivity index is 2.26. The second-order valence-electron chi connectivity index (χ2n) is 3.43. The van der Waals surface area contributed by atoms with Gasteiger partial charge >= 0.3 is 105 Å². The third-order valence-corrected chi connectivity index (χ3v) is 3.86. The zero-order valence-electron chi connectivity index (χ0n) is 8.35. The zero-order valence-corrected chi connectivity index (χ0v) is 11.6. The first-order valence-electron chi connectivity index (χ1n) is 4.80. The molecule has 0 saturated carbocycles. The molecule has 0 spiro atoms. The van der Waals surface area contributed by atoms with E-state index in [4.69, 9.17) is 6.92 Å². The van der Waals surface area contributed by atoms with E-state index in [-0.39, 0.29) is 0 Å². The number of pyridine rings is 1. The van der Waals surface area contributed by atoms with Gasteiger partial charge in [0.15, 0.2) is 0 Å². The van der Waals surface area contributed by atoms with Gasteiger partial charge in [0.2, 0.25) is 0 Å². The maximum absolute atomic E-state index is 5.65. The number of aromatic nitrogens is 1. The molecule has 2 aromatic rings. The molecule has 70 valence electrons. The molecular weight excluding hydrogens is 285 g/mol. The fourth-order valence-electron chi connectivity index (χ4n) is 1.49. The van der Waals surface area contributed by atoms with Gasteiger partial charge in [-0.05, 0) is 0 Å². The second kappa shape index (κ2) is 4.84. The van der Waals surface area contributed by atoms with E-state index < -0.39 is 0 Å². The Morgan fingerprint density at radius 2 is 1.87 bits per heavy atom. The van der Waals surface area contributed by atoms with Gasteiger partial charge in [-0.3, -0.25) is 0 Å². The molecule has 0 fully saturated rings. The fraction of sp³-hybridized carbons (Fsp3) is 0.0769. The van der Waals surface area contributed by atoms with Crippen LogP contribution >= 0.6 is 0 Å².